The fourth-order valence-electron chi connectivity index (χ4n) is 4.25. The predicted octanol–water partition coefficient (Wildman–Crippen LogP) is 5.49. The average Bonchev–Trinajstić information content (AvgIpc) is 3.23. The van der Waals surface area contributed by atoms with Crippen LogP contribution in [0, 0.1) is 6.92 Å². The highest BCUT2D eigenvalue weighted by atomic mass is 16.6. The van der Waals surface area contributed by atoms with Gasteiger partial charge in [-0.3, -0.25) is 4.79 Å². The molecule has 3 heterocycles. The zero-order valence-corrected chi connectivity index (χ0v) is 24.6. The molecule has 0 spiro atoms. The second-order valence-corrected chi connectivity index (χ2v) is 11.5. The highest BCUT2D eigenvalue weighted by molar-refractivity contribution is 6.09. The Bertz CT molecular complexity index is 1460. The van der Waals surface area contributed by atoms with Gasteiger partial charge in [0.15, 0.2) is 0 Å². The van der Waals surface area contributed by atoms with Gasteiger partial charge in [-0.15, -0.1) is 4.90 Å². The van der Waals surface area contributed by atoms with E-state index in [9.17, 15) is 14.4 Å². The Kier molecular flexibility index (Phi) is 7.96. The number of ether oxygens (including phenoxy) is 3. The summed E-state index contributed by atoms with van der Waals surface area (Å²) in [4.78, 5) is 52.1. The van der Waals surface area contributed by atoms with Crippen LogP contribution in [0.4, 0.5) is 26.9 Å². The molecule has 12 heteroatoms. The number of aromatic nitrogens is 3. The molecule has 1 aliphatic heterocycles. The van der Waals surface area contributed by atoms with Crippen LogP contribution in [0.25, 0.3) is 11.4 Å². The van der Waals surface area contributed by atoms with Gasteiger partial charge < -0.3 is 29.8 Å². The van der Waals surface area contributed by atoms with Gasteiger partial charge in [0.1, 0.15) is 17.0 Å². The van der Waals surface area contributed by atoms with Crippen molar-refractivity contribution in [3.8, 4) is 17.1 Å². The fraction of sp³-hybridized carbons (Fsp3) is 0.414. The van der Waals surface area contributed by atoms with Gasteiger partial charge in [-0.25, -0.2) is 19.6 Å². The van der Waals surface area contributed by atoms with Crippen molar-refractivity contribution in [1.82, 2.24) is 20.3 Å². The van der Waals surface area contributed by atoms with Gasteiger partial charge in [-0.2, -0.15) is 0 Å². The lowest BCUT2D eigenvalue weighted by molar-refractivity contribution is 0.0427. The van der Waals surface area contributed by atoms with Crippen LogP contribution in [0.5, 0.6) is 5.75 Å². The van der Waals surface area contributed by atoms with Crippen LogP contribution in [-0.2, 0) is 15.9 Å². The number of aromatic amines is 1. The summed E-state index contributed by atoms with van der Waals surface area (Å²) in [6, 6.07) is 7.18. The third-order valence-electron chi connectivity index (χ3n) is 5.98. The first-order valence-corrected chi connectivity index (χ1v) is 13.2. The van der Waals surface area contributed by atoms with E-state index >= 15 is 0 Å². The summed E-state index contributed by atoms with van der Waals surface area (Å²) in [5.74, 6) is 0.196. The molecule has 0 bridgehead atoms. The van der Waals surface area contributed by atoms with Crippen molar-refractivity contribution >= 4 is 35.4 Å². The lowest BCUT2D eigenvalue weighted by atomic mass is 10.1. The van der Waals surface area contributed by atoms with E-state index in [2.05, 4.69) is 25.6 Å². The van der Waals surface area contributed by atoms with E-state index in [1.165, 1.54) is 6.20 Å². The number of amides is 3. The van der Waals surface area contributed by atoms with Gasteiger partial charge in [-0.1, -0.05) is 6.07 Å². The monoisotopic (exact) mass is 564 g/mol. The van der Waals surface area contributed by atoms with Crippen LogP contribution >= 0.6 is 0 Å². The molecule has 3 aromatic rings. The van der Waals surface area contributed by atoms with Crippen LogP contribution in [0.1, 0.15) is 63.2 Å². The molecule has 41 heavy (non-hydrogen) atoms. The van der Waals surface area contributed by atoms with E-state index in [0.717, 1.165) is 16.9 Å². The van der Waals surface area contributed by atoms with Gasteiger partial charge in [0.2, 0.25) is 5.95 Å². The Hall–Kier alpha value is -4.61. The molecule has 0 unspecified atom stereocenters. The van der Waals surface area contributed by atoms with Gasteiger partial charge in [0.25, 0.3) is 5.91 Å². The molecule has 1 aromatic carbocycles. The van der Waals surface area contributed by atoms with Crippen molar-refractivity contribution in [2.24, 2.45) is 0 Å². The van der Waals surface area contributed by atoms with Crippen molar-refractivity contribution in [3.05, 3.63) is 47.3 Å². The van der Waals surface area contributed by atoms with Crippen LogP contribution in [-0.4, -0.2) is 57.9 Å². The quantitative estimate of drug-likeness (QED) is 0.366. The topological polar surface area (TPSA) is 148 Å². The standard InChI is InChI=1S/C29H36N6O6/c1-16-17(10-9-11-20(16)39-8)32-23-21-18(12-14-30-24(21)36)33-22(23)19-13-15-31-25(34-19)35(26(37)40-28(2,3)4)27(38)41-29(5,6)7/h9-11,13,15,32-33H,12,14H2,1-8H3,(H,30,36). The second-order valence-electron chi connectivity index (χ2n) is 11.5. The van der Waals surface area contributed by atoms with E-state index in [1.54, 1.807) is 54.7 Å². The highest BCUT2D eigenvalue weighted by Crippen LogP contribution is 2.38. The van der Waals surface area contributed by atoms with Crippen LogP contribution in [0.3, 0.4) is 0 Å². The van der Waals surface area contributed by atoms with E-state index in [-0.39, 0.29) is 11.9 Å². The maximum absolute atomic E-state index is 13.2. The maximum atomic E-state index is 13.2. The predicted molar refractivity (Wildman–Crippen MR) is 154 cm³/mol. The largest absolute Gasteiger partial charge is 0.496 e. The number of nitrogens with zero attached hydrogens (tertiary/aromatic N) is 3. The van der Waals surface area contributed by atoms with Crippen molar-refractivity contribution in [2.75, 3.05) is 23.9 Å². The minimum absolute atomic E-state index is 0.241. The minimum Gasteiger partial charge on any atom is -0.496 e. The number of anilines is 3. The summed E-state index contributed by atoms with van der Waals surface area (Å²) in [5, 5.41) is 6.26. The summed E-state index contributed by atoms with van der Waals surface area (Å²) in [6.07, 6.45) is 0.0194. The number of hydrogen-bond acceptors (Lipinski definition) is 9. The third-order valence-corrected chi connectivity index (χ3v) is 5.98. The molecule has 0 radical (unpaired) electrons. The van der Waals surface area contributed by atoms with Crippen molar-refractivity contribution < 1.29 is 28.6 Å². The number of H-pyrrole nitrogens is 1. The van der Waals surface area contributed by atoms with Gasteiger partial charge in [0.05, 0.1) is 29.7 Å². The average molecular weight is 565 g/mol. The summed E-state index contributed by atoms with van der Waals surface area (Å²) >= 11 is 0. The number of methoxy groups -OCH3 is 1. The van der Waals surface area contributed by atoms with E-state index in [4.69, 9.17) is 14.2 Å². The summed E-state index contributed by atoms with van der Waals surface area (Å²) < 4.78 is 16.4. The molecule has 3 N–H and O–H groups in total. The minimum atomic E-state index is -0.987. The smallest absolute Gasteiger partial charge is 0.427 e. The SMILES string of the molecule is COc1cccc(Nc2c(-c3ccnc(N(C(=O)OC(C)(C)C)C(=O)OC(C)(C)C)n3)[nH]c3c2C(=O)NCC3)c1C. The molecule has 12 nitrogen and oxygen atoms in total. The van der Waals surface area contributed by atoms with E-state index < -0.39 is 23.4 Å². The zero-order chi connectivity index (χ0) is 30.1. The Morgan fingerprint density at radius 3 is 2.29 bits per heavy atom. The van der Waals surface area contributed by atoms with Gasteiger partial charge in [-0.05, 0) is 66.7 Å². The Labute approximate surface area is 238 Å². The van der Waals surface area contributed by atoms with Crippen LogP contribution < -0.4 is 20.3 Å². The lowest BCUT2D eigenvalue weighted by Crippen LogP contribution is -2.44. The number of carbonyl (C=O) groups excluding carboxylic acids is 3. The first kappa shape index (κ1) is 29.4. The number of nitrogens with one attached hydrogen (secondary N) is 3. The maximum Gasteiger partial charge on any atom is 0.427 e. The molecular formula is C29H36N6O6. The van der Waals surface area contributed by atoms with Crippen molar-refractivity contribution in [1.29, 1.82) is 0 Å². The third kappa shape index (κ3) is 6.59. The molecule has 218 valence electrons. The van der Waals surface area contributed by atoms with E-state index in [1.807, 2.05) is 25.1 Å². The number of fused-ring (bicyclic) bond motifs is 1. The Morgan fingerprint density at radius 1 is 1.02 bits per heavy atom. The molecule has 0 atom stereocenters. The van der Waals surface area contributed by atoms with Gasteiger partial charge >= 0.3 is 12.2 Å². The second kappa shape index (κ2) is 11.1. The number of hydrogen-bond donors (Lipinski definition) is 3. The molecular weight excluding hydrogens is 528 g/mol. The molecule has 0 aliphatic carbocycles. The summed E-state index contributed by atoms with van der Waals surface area (Å²) in [6.45, 7) is 12.5. The molecule has 0 saturated heterocycles. The number of carbonyl (C=O) groups is 3. The van der Waals surface area contributed by atoms with Crippen LogP contribution in [0.2, 0.25) is 0 Å². The first-order chi connectivity index (χ1) is 19.2. The Balaban J connectivity index is 1.84. The lowest BCUT2D eigenvalue weighted by Gasteiger charge is -2.27. The van der Waals surface area contributed by atoms with Crippen molar-refractivity contribution in [2.45, 2.75) is 66.1 Å². The number of rotatable bonds is 5. The fourth-order valence-corrected chi connectivity index (χ4v) is 4.25. The molecule has 1 aliphatic rings. The molecule has 0 fully saturated rings. The molecule has 2 aromatic heterocycles. The zero-order valence-electron chi connectivity index (χ0n) is 24.6. The number of benzene rings is 1. The first-order valence-electron chi connectivity index (χ1n) is 13.2. The highest BCUT2D eigenvalue weighted by Gasteiger charge is 2.35. The van der Waals surface area contributed by atoms with Crippen LogP contribution in [0.15, 0.2) is 30.5 Å². The summed E-state index contributed by atoms with van der Waals surface area (Å²) in [7, 11) is 1.59. The summed E-state index contributed by atoms with van der Waals surface area (Å²) in [5.41, 5.74) is 2.25. The molecule has 3 amide bonds. The van der Waals surface area contributed by atoms with Gasteiger partial charge in [0, 0.05) is 36.1 Å². The van der Waals surface area contributed by atoms with E-state index in [0.29, 0.717) is 46.3 Å². The normalized spacial score (nSPS) is 13.1. The van der Waals surface area contributed by atoms with Crippen molar-refractivity contribution in [3.63, 3.8) is 0 Å². The molecule has 0 saturated carbocycles. The Morgan fingerprint density at radius 2 is 1.68 bits per heavy atom. The number of imide groups is 1. The molecule has 4 rings (SSSR count).